The molecule has 24 heavy (non-hydrogen) atoms. The van der Waals surface area contributed by atoms with Gasteiger partial charge in [0.2, 0.25) is 0 Å². The Morgan fingerprint density at radius 1 is 1.00 bits per heavy atom. The zero-order chi connectivity index (χ0) is 19.3. The van der Waals surface area contributed by atoms with Gasteiger partial charge in [-0.3, -0.25) is 4.79 Å². The lowest BCUT2D eigenvalue weighted by Crippen LogP contribution is -2.48. The van der Waals surface area contributed by atoms with Crippen molar-refractivity contribution in [2.45, 2.75) is 64.1 Å². The smallest absolute Gasteiger partial charge is 0.333 e. The van der Waals surface area contributed by atoms with Crippen molar-refractivity contribution in [1.82, 2.24) is 0 Å². The van der Waals surface area contributed by atoms with Crippen molar-refractivity contribution < 1.29 is 19.1 Å². The van der Waals surface area contributed by atoms with Crippen LogP contribution < -0.4 is 0 Å². The van der Waals surface area contributed by atoms with E-state index in [9.17, 15) is 9.59 Å². The Morgan fingerprint density at radius 3 is 1.79 bits per heavy atom. The Kier molecular flexibility index (Phi) is 7.90. The molecule has 0 aliphatic heterocycles. The van der Waals surface area contributed by atoms with Crippen molar-refractivity contribution in [3.8, 4) is 0 Å². The van der Waals surface area contributed by atoms with Crippen LogP contribution in [0.3, 0.4) is 0 Å². The van der Waals surface area contributed by atoms with Gasteiger partial charge in [0, 0.05) is 5.57 Å². The summed E-state index contributed by atoms with van der Waals surface area (Å²) in [6, 6.07) is 0. The van der Waals surface area contributed by atoms with Gasteiger partial charge in [-0.05, 0) is 19.8 Å². The number of esters is 2. The topological polar surface area (TPSA) is 52.6 Å². The molecule has 0 heterocycles. The van der Waals surface area contributed by atoms with Gasteiger partial charge in [0.15, 0.2) is 0 Å². The van der Waals surface area contributed by atoms with E-state index in [2.05, 4.69) is 45.9 Å². The van der Waals surface area contributed by atoms with E-state index < -0.39 is 21.2 Å². The van der Waals surface area contributed by atoms with Gasteiger partial charge in [-0.1, -0.05) is 50.6 Å². The molecule has 0 saturated carbocycles. The monoisotopic (exact) mass is 370 g/mol. The van der Waals surface area contributed by atoms with Crippen molar-refractivity contribution in [2.24, 2.45) is 0 Å². The first-order valence-corrected chi connectivity index (χ1v) is 15.3. The summed E-state index contributed by atoms with van der Waals surface area (Å²) in [5.74, 6) is -0.632. The van der Waals surface area contributed by atoms with E-state index in [0.29, 0.717) is 18.4 Å². The first kappa shape index (κ1) is 22.9. The van der Waals surface area contributed by atoms with E-state index in [1.807, 2.05) is 0 Å². The fourth-order valence-corrected chi connectivity index (χ4v) is 5.80. The molecule has 138 valence electrons. The summed E-state index contributed by atoms with van der Waals surface area (Å²) >= 11 is 0. The molecule has 0 N–H and O–H groups in total. The average molecular weight is 371 g/mol. The van der Waals surface area contributed by atoms with Gasteiger partial charge >= 0.3 is 11.9 Å². The highest BCUT2D eigenvalue weighted by molar-refractivity contribution is 6.85. The van der Waals surface area contributed by atoms with E-state index in [0.717, 1.165) is 5.20 Å². The van der Waals surface area contributed by atoms with Crippen molar-refractivity contribution >= 4 is 28.1 Å². The number of hydrogen-bond donors (Lipinski definition) is 0. The number of ether oxygens (including phenoxy) is 2. The summed E-state index contributed by atoms with van der Waals surface area (Å²) < 4.78 is 10.1. The minimum Gasteiger partial charge on any atom is -0.469 e. The zero-order valence-corrected chi connectivity index (χ0v) is 18.8. The molecule has 1 atom stereocenters. The van der Waals surface area contributed by atoms with E-state index in [-0.39, 0.29) is 11.9 Å². The summed E-state index contributed by atoms with van der Waals surface area (Å²) in [4.78, 5) is 25.0. The predicted molar refractivity (Wildman–Crippen MR) is 106 cm³/mol. The largest absolute Gasteiger partial charge is 0.469 e. The lowest BCUT2D eigenvalue weighted by molar-refractivity contribution is -0.144. The van der Waals surface area contributed by atoms with Gasteiger partial charge in [-0.15, -0.1) is 6.58 Å². The molecule has 0 amide bonds. The van der Waals surface area contributed by atoms with Crippen LogP contribution in [0.2, 0.25) is 44.3 Å². The Labute approximate surface area is 149 Å². The van der Waals surface area contributed by atoms with Gasteiger partial charge in [0.05, 0.1) is 35.4 Å². The second-order valence-corrected chi connectivity index (χ2v) is 19.0. The maximum Gasteiger partial charge on any atom is 0.333 e. The van der Waals surface area contributed by atoms with Crippen molar-refractivity contribution in [2.75, 3.05) is 14.2 Å². The van der Waals surface area contributed by atoms with Crippen LogP contribution in [-0.4, -0.2) is 42.3 Å². The summed E-state index contributed by atoms with van der Waals surface area (Å²) in [5, 5.41) is 0.394. The molecule has 6 heteroatoms. The van der Waals surface area contributed by atoms with Crippen LogP contribution in [0.15, 0.2) is 23.4 Å². The van der Waals surface area contributed by atoms with Crippen molar-refractivity contribution in [3.05, 3.63) is 23.4 Å². The number of carbonyl (C=O) groups is 2. The van der Waals surface area contributed by atoms with Crippen LogP contribution in [0, 0.1) is 0 Å². The number of methoxy groups -OCH3 is 2. The van der Waals surface area contributed by atoms with E-state index in [1.54, 1.807) is 13.0 Å². The first-order valence-electron chi connectivity index (χ1n) is 8.27. The minimum absolute atomic E-state index is 0.246. The second-order valence-electron chi connectivity index (χ2n) is 8.34. The number of rotatable bonds is 8. The lowest BCUT2D eigenvalue weighted by atomic mass is 9.94. The lowest BCUT2D eigenvalue weighted by Gasteiger charge is -2.43. The molecular weight excluding hydrogens is 336 g/mol. The Bertz CT molecular complexity index is 524. The highest BCUT2D eigenvalue weighted by Crippen LogP contribution is 2.51. The maximum atomic E-state index is 12.9. The third kappa shape index (κ3) is 5.18. The third-order valence-electron chi connectivity index (χ3n) is 4.88. The molecule has 4 nitrogen and oxygen atoms in total. The first-order chi connectivity index (χ1) is 10.8. The van der Waals surface area contributed by atoms with Gasteiger partial charge in [0.25, 0.3) is 0 Å². The van der Waals surface area contributed by atoms with Gasteiger partial charge < -0.3 is 9.47 Å². The quantitative estimate of drug-likeness (QED) is 0.357. The van der Waals surface area contributed by atoms with Crippen LogP contribution in [0.5, 0.6) is 0 Å². The summed E-state index contributed by atoms with van der Waals surface area (Å²) in [6.45, 7) is 19.2. The molecule has 0 aliphatic carbocycles. The highest BCUT2D eigenvalue weighted by Gasteiger charge is 2.52. The molecule has 0 aromatic carbocycles. The summed E-state index contributed by atoms with van der Waals surface area (Å²) in [5.41, 5.74) is 0.522. The molecule has 0 aliphatic rings. The van der Waals surface area contributed by atoms with Crippen LogP contribution >= 0.6 is 0 Å². The molecule has 0 aromatic heterocycles. The predicted octanol–water partition coefficient (Wildman–Crippen LogP) is 4.57. The fourth-order valence-electron chi connectivity index (χ4n) is 2.62. The Morgan fingerprint density at radius 2 is 1.50 bits per heavy atom. The fraction of sp³-hybridized carbons (Fsp3) is 0.667. The zero-order valence-electron chi connectivity index (χ0n) is 16.8. The highest BCUT2D eigenvalue weighted by atomic mass is 28.3. The minimum atomic E-state index is -2.06. The summed E-state index contributed by atoms with van der Waals surface area (Å²) in [6.07, 6.45) is 2.64. The molecular formula is C18H34O4Si2. The number of carbonyl (C=O) groups excluding carboxylic acids is 2. The van der Waals surface area contributed by atoms with Gasteiger partial charge in [0.1, 0.15) is 0 Å². The second kappa shape index (κ2) is 8.29. The van der Waals surface area contributed by atoms with Crippen molar-refractivity contribution in [3.63, 3.8) is 0 Å². The maximum absolute atomic E-state index is 12.9. The Balaban J connectivity index is 6.20. The van der Waals surface area contributed by atoms with E-state index >= 15 is 0 Å². The van der Waals surface area contributed by atoms with Crippen molar-refractivity contribution in [1.29, 1.82) is 0 Å². The molecule has 1 unspecified atom stereocenters. The molecule has 0 saturated heterocycles. The van der Waals surface area contributed by atoms with Crippen LogP contribution in [-0.2, 0) is 19.1 Å². The van der Waals surface area contributed by atoms with Gasteiger partial charge in [-0.2, -0.15) is 0 Å². The normalized spacial score (nSPS) is 15.5. The average Bonchev–Trinajstić information content (AvgIpc) is 2.47. The Hall–Kier alpha value is -1.15. The molecule has 0 fully saturated rings. The number of allylic oxidation sites excluding steroid dienone is 2. The summed E-state index contributed by atoms with van der Waals surface area (Å²) in [7, 11) is -0.901. The van der Waals surface area contributed by atoms with E-state index in [1.165, 1.54) is 14.2 Å². The van der Waals surface area contributed by atoms with E-state index in [4.69, 9.17) is 9.47 Å². The van der Waals surface area contributed by atoms with Gasteiger partial charge in [-0.25, -0.2) is 4.79 Å². The molecule has 0 radical (unpaired) electrons. The van der Waals surface area contributed by atoms with Crippen LogP contribution in [0.25, 0.3) is 0 Å². The molecule has 0 rings (SSSR count). The molecule has 0 spiro atoms. The molecule has 0 aromatic rings. The standard InChI is InChI=1S/C18H34O4Si2/c1-11-15(16(19)21-3)13-18(17(20)22-4,24(8,9)10)12-14(2)23(5,6)7/h11H,2,12-13H2,1,3-10H3/b15-11-. The molecule has 0 bridgehead atoms. The van der Waals surface area contributed by atoms with Crippen LogP contribution in [0.1, 0.15) is 19.8 Å². The SMILES string of the molecule is C=C(CC(C/C(=C/C)C(=O)OC)(C(=O)OC)[Si](C)(C)C)[Si](C)(C)C. The number of hydrogen-bond acceptors (Lipinski definition) is 4. The van der Waals surface area contributed by atoms with Crippen LogP contribution in [0.4, 0.5) is 0 Å². The third-order valence-corrected chi connectivity index (χ3v) is 10.6.